The molecule has 9 heteroatoms. The van der Waals surface area contributed by atoms with Gasteiger partial charge in [-0.25, -0.2) is 0 Å². The molecule has 6 nitrogen and oxygen atoms in total. The van der Waals surface area contributed by atoms with Crippen LogP contribution in [-0.2, 0) is 11.8 Å². The van der Waals surface area contributed by atoms with Gasteiger partial charge in [0.1, 0.15) is 0 Å². The number of hydrogen-bond acceptors (Lipinski definition) is 5. The molecule has 0 saturated heterocycles. The van der Waals surface area contributed by atoms with Crippen LogP contribution in [0.15, 0.2) is 23.4 Å². The van der Waals surface area contributed by atoms with Gasteiger partial charge < -0.3 is 11.1 Å². The lowest BCUT2D eigenvalue weighted by atomic mass is 10.3. The molecule has 1 aromatic carbocycles. The minimum Gasteiger partial charge on any atom is -0.368 e. The van der Waals surface area contributed by atoms with E-state index in [1.165, 1.54) is 11.8 Å². The summed E-state index contributed by atoms with van der Waals surface area (Å²) in [4.78, 5) is 11.9. The molecule has 21 heavy (non-hydrogen) atoms. The van der Waals surface area contributed by atoms with Crippen molar-refractivity contribution in [3.8, 4) is 0 Å². The topological polar surface area (TPSA) is 85.8 Å². The number of benzene rings is 1. The first-order chi connectivity index (χ1) is 9.97. The molecule has 1 aromatic heterocycles. The number of halogens is 2. The number of nitrogens with two attached hydrogens (primary N) is 1. The van der Waals surface area contributed by atoms with Gasteiger partial charge in [-0.05, 0) is 18.2 Å². The maximum atomic E-state index is 11.9. The highest BCUT2D eigenvalue weighted by Crippen LogP contribution is 2.25. The minimum absolute atomic E-state index is 0.151. The van der Waals surface area contributed by atoms with Crippen LogP contribution < -0.4 is 11.1 Å². The first kappa shape index (κ1) is 15.9. The van der Waals surface area contributed by atoms with E-state index in [0.717, 1.165) is 0 Å². The molecule has 0 aliphatic rings. The third-order valence-electron chi connectivity index (χ3n) is 2.63. The smallest absolute Gasteiger partial charge is 0.225 e. The zero-order valence-electron chi connectivity index (χ0n) is 11.1. The van der Waals surface area contributed by atoms with E-state index in [9.17, 15) is 4.79 Å². The monoisotopic (exact) mass is 345 g/mol. The molecule has 0 aliphatic carbocycles. The highest BCUT2D eigenvalue weighted by atomic mass is 35.5. The van der Waals surface area contributed by atoms with Crippen LogP contribution in [0, 0.1) is 0 Å². The Balaban J connectivity index is 1.85. The zero-order valence-corrected chi connectivity index (χ0v) is 13.5. The summed E-state index contributed by atoms with van der Waals surface area (Å²) in [6.07, 6.45) is 0.306. The van der Waals surface area contributed by atoms with Crippen molar-refractivity contribution in [3.63, 3.8) is 0 Å². The number of amides is 1. The third-order valence-corrected chi connectivity index (χ3v) is 4.22. The molecule has 2 aromatic rings. The van der Waals surface area contributed by atoms with Gasteiger partial charge in [-0.1, -0.05) is 35.0 Å². The lowest BCUT2D eigenvalue weighted by Gasteiger charge is -2.07. The fourth-order valence-electron chi connectivity index (χ4n) is 1.49. The van der Waals surface area contributed by atoms with Gasteiger partial charge in [-0.2, -0.15) is 0 Å². The molecule has 1 amide bonds. The summed E-state index contributed by atoms with van der Waals surface area (Å²) in [5, 5.41) is 12.0. The van der Waals surface area contributed by atoms with Crippen LogP contribution in [0.3, 0.4) is 0 Å². The van der Waals surface area contributed by atoms with Gasteiger partial charge in [-0.3, -0.25) is 9.36 Å². The highest BCUT2D eigenvalue weighted by Gasteiger charge is 2.09. The lowest BCUT2D eigenvalue weighted by Crippen LogP contribution is -2.12. The van der Waals surface area contributed by atoms with E-state index in [2.05, 4.69) is 15.5 Å². The highest BCUT2D eigenvalue weighted by molar-refractivity contribution is 7.99. The molecule has 0 unspecified atom stereocenters. The normalized spacial score (nSPS) is 10.6. The summed E-state index contributed by atoms with van der Waals surface area (Å²) >= 11 is 13.2. The van der Waals surface area contributed by atoms with Crippen LogP contribution in [0.4, 0.5) is 11.6 Å². The predicted molar refractivity (Wildman–Crippen MR) is 85.8 cm³/mol. The van der Waals surface area contributed by atoms with Crippen molar-refractivity contribution >= 4 is 52.5 Å². The van der Waals surface area contributed by atoms with E-state index in [0.29, 0.717) is 39.0 Å². The number of aromatic nitrogens is 3. The van der Waals surface area contributed by atoms with E-state index < -0.39 is 0 Å². The van der Waals surface area contributed by atoms with Crippen LogP contribution >= 0.6 is 35.0 Å². The maximum Gasteiger partial charge on any atom is 0.225 e. The number of rotatable bonds is 5. The van der Waals surface area contributed by atoms with Gasteiger partial charge in [0.2, 0.25) is 11.9 Å². The Labute approximate surface area is 136 Å². The zero-order chi connectivity index (χ0) is 15.4. The second-order valence-electron chi connectivity index (χ2n) is 4.17. The third kappa shape index (κ3) is 4.26. The van der Waals surface area contributed by atoms with Gasteiger partial charge in [0.15, 0.2) is 5.16 Å². The van der Waals surface area contributed by atoms with Crippen molar-refractivity contribution in [2.75, 3.05) is 16.8 Å². The average Bonchev–Trinajstić information content (AvgIpc) is 2.75. The Hall–Kier alpha value is -1.44. The molecule has 1 heterocycles. The Morgan fingerprint density at radius 2 is 2.19 bits per heavy atom. The second kappa shape index (κ2) is 7.02. The second-order valence-corrected chi connectivity index (χ2v) is 6.08. The van der Waals surface area contributed by atoms with Gasteiger partial charge in [0.25, 0.3) is 0 Å². The fourth-order valence-corrected chi connectivity index (χ4v) is 2.69. The number of nitrogen functional groups attached to an aromatic ring is 1. The van der Waals surface area contributed by atoms with Crippen LogP contribution in [0.25, 0.3) is 0 Å². The maximum absolute atomic E-state index is 11.9. The quantitative estimate of drug-likeness (QED) is 0.813. The van der Waals surface area contributed by atoms with Crippen LogP contribution in [0.1, 0.15) is 6.42 Å². The van der Waals surface area contributed by atoms with Gasteiger partial charge in [0.05, 0.1) is 10.7 Å². The Kier molecular flexibility index (Phi) is 5.33. The van der Waals surface area contributed by atoms with E-state index in [1.807, 2.05) is 0 Å². The minimum atomic E-state index is -0.151. The summed E-state index contributed by atoms with van der Waals surface area (Å²) < 4.78 is 1.66. The van der Waals surface area contributed by atoms with E-state index in [4.69, 9.17) is 28.9 Å². The Morgan fingerprint density at radius 1 is 1.43 bits per heavy atom. The van der Waals surface area contributed by atoms with Gasteiger partial charge >= 0.3 is 0 Å². The first-order valence-electron chi connectivity index (χ1n) is 6.00. The first-order valence-corrected chi connectivity index (χ1v) is 7.74. The summed E-state index contributed by atoms with van der Waals surface area (Å²) in [5.74, 6) is 0.741. The molecule has 0 fully saturated rings. The van der Waals surface area contributed by atoms with E-state index in [-0.39, 0.29) is 5.91 Å². The number of hydrogen-bond donors (Lipinski definition) is 2. The summed E-state index contributed by atoms with van der Waals surface area (Å²) in [6.45, 7) is 0. The molecule has 112 valence electrons. The molecule has 0 saturated carbocycles. The van der Waals surface area contributed by atoms with Crippen LogP contribution in [0.2, 0.25) is 10.0 Å². The molecule has 0 spiro atoms. The summed E-state index contributed by atoms with van der Waals surface area (Å²) in [5.41, 5.74) is 6.08. The molecule has 2 rings (SSSR count). The van der Waals surface area contributed by atoms with Crippen molar-refractivity contribution in [1.29, 1.82) is 0 Å². The van der Waals surface area contributed by atoms with Crippen molar-refractivity contribution < 1.29 is 4.79 Å². The number of thioether (sulfide) groups is 1. The van der Waals surface area contributed by atoms with Crippen molar-refractivity contribution in [2.45, 2.75) is 11.6 Å². The fraction of sp³-hybridized carbons (Fsp3) is 0.250. The standard InChI is InChI=1S/C12H13Cl2N5OS/c1-19-11(15)17-18-12(19)21-5-4-10(20)16-9-6-7(13)2-3-8(9)14/h2-3,6H,4-5H2,1H3,(H2,15,17)(H,16,20). The Morgan fingerprint density at radius 3 is 2.86 bits per heavy atom. The lowest BCUT2D eigenvalue weighted by molar-refractivity contribution is -0.115. The van der Waals surface area contributed by atoms with E-state index >= 15 is 0 Å². The molecular weight excluding hydrogens is 333 g/mol. The molecule has 0 aliphatic heterocycles. The van der Waals surface area contributed by atoms with Crippen molar-refractivity contribution in [2.24, 2.45) is 7.05 Å². The molecule has 0 bridgehead atoms. The predicted octanol–water partition coefficient (Wildman–Crippen LogP) is 2.83. The molecule has 0 atom stereocenters. The van der Waals surface area contributed by atoms with Crippen LogP contribution in [0.5, 0.6) is 0 Å². The average molecular weight is 346 g/mol. The number of nitrogens with zero attached hydrogens (tertiary/aromatic N) is 3. The van der Waals surface area contributed by atoms with Crippen molar-refractivity contribution in [3.05, 3.63) is 28.2 Å². The van der Waals surface area contributed by atoms with Crippen LogP contribution in [-0.4, -0.2) is 26.4 Å². The van der Waals surface area contributed by atoms with Crippen molar-refractivity contribution in [1.82, 2.24) is 14.8 Å². The molecular formula is C12H13Cl2N5OS. The number of carbonyl (C=O) groups is 1. The SMILES string of the molecule is Cn1c(N)nnc1SCCC(=O)Nc1cc(Cl)ccc1Cl. The molecule has 3 N–H and O–H groups in total. The summed E-state index contributed by atoms with van der Waals surface area (Å²) in [6, 6.07) is 4.91. The molecule has 0 radical (unpaired) electrons. The number of nitrogens with one attached hydrogen (secondary N) is 1. The van der Waals surface area contributed by atoms with Gasteiger partial charge in [0, 0.05) is 24.2 Å². The summed E-state index contributed by atoms with van der Waals surface area (Å²) in [7, 11) is 1.77. The number of anilines is 2. The van der Waals surface area contributed by atoms with Gasteiger partial charge in [-0.15, -0.1) is 10.2 Å². The Bertz CT molecular complexity index is 661. The number of carbonyl (C=O) groups excluding carboxylic acids is 1. The van der Waals surface area contributed by atoms with E-state index in [1.54, 1.807) is 29.8 Å². The largest absolute Gasteiger partial charge is 0.368 e.